The van der Waals surface area contributed by atoms with Gasteiger partial charge in [-0.15, -0.1) is 0 Å². The molecule has 1 heteroatoms. The standard InChI is InChI=1S/C19H38O/c1-2-3-4-5-6-7-8-10-15-19(17-20)16-18-13-11-9-12-14-18/h18-20H,2-17H2,1H3. The molecule has 1 N–H and O–H groups in total. The third-order valence-electron chi connectivity index (χ3n) is 5.12. The lowest BCUT2D eigenvalue weighted by Gasteiger charge is -2.25. The van der Waals surface area contributed by atoms with Crippen molar-refractivity contribution in [3.05, 3.63) is 0 Å². The Morgan fingerprint density at radius 2 is 1.45 bits per heavy atom. The van der Waals surface area contributed by atoms with E-state index in [4.69, 9.17) is 0 Å². The molecular formula is C19H38O. The smallest absolute Gasteiger partial charge is 0.0459 e. The molecule has 1 nitrogen and oxygen atoms in total. The largest absolute Gasteiger partial charge is 0.396 e. The number of unbranched alkanes of at least 4 members (excludes halogenated alkanes) is 7. The molecule has 0 radical (unpaired) electrons. The Kier molecular flexibility index (Phi) is 11.4. The second-order valence-corrected chi connectivity index (χ2v) is 7.05. The van der Waals surface area contributed by atoms with Crippen LogP contribution < -0.4 is 0 Å². The van der Waals surface area contributed by atoms with E-state index >= 15 is 0 Å². The van der Waals surface area contributed by atoms with E-state index in [0.29, 0.717) is 12.5 Å². The van der Waals surface area contributed by atoms with Gasteiger partial charge in [0.05, 0.1) is 0 Å². The van der Waals surface area contributed by atoms with Crippen molar-refractivity contribution in [2.45, 2.75) is 103 Å². The van der Waals surface area contributed by atoms with Crippen LogP contribution >= 0.6 is 0 Å². The topological polar surface area (TPSA) is 20.2 Å². The molecule has 0 aliphatic heterocycles. The Morgan fingerprint density at radius 3 is 2.05 bits per heavy atom. The summed E-state index contributed by atoms with van der Waals surface area (Å²) in [6.07, 6.45) is 20.9. The lowest BCUT2D eigenvalue weighted by molar-refractivity contribution is 0.175. The minimum Gasteiger partial charge on any atom is -0.396 e. The summed E-state index contributed by atoms with van der Waals surface area (Å²) >= 11 is 0. The molecule has 1 unspecified atom stereocenters. The quantitative estimate of drug-likeness (QED) is 0.429. The summed E-state index contributed by atoms with van der Waals surface area (Å²) in [5.41, 5.74) is 0. The SMILES string of the molecule is CCCCCCCCCCC(CO)CC1CCCCC1. The fourth-order valence-corrected chi connectivity index (χ4v) is 3.74. The summed E-state index contributed by atoms with van der Waals surface area (Å²) in [4.78, 5) is 0. The highest BCUT2D eigenvalue weighted by Crippen LogP contribution is 2.30. The Balaban J connectivity index is 1.94. The number of hydrogen-bond acceptors (Lipinski definition) is 1. The van der Waals surface area contributed by atoms with Crippen molar-refractivity contribution in [2.24, 2.45) is 11.8 Å². The van der Waals surface area contributed by atoms with Gasteiger partial charge in [-0.1, -0.05) is 90.4 Å². The van der Waals surface area contributed by atoms with Crippen LogP contribution in [0.4, 0.5) is 0 Å². The molecule has 120 valence electrons. The van der Waals surface area contributed by atoms with E-state index in [1.54, 1.807) is 0 Å². The van der Waals surface area contributed by atoms with Gasteiger partial charge in [0.2, 0.25) is 0 Å². The summed E-state index contributed by atoms with van der Waals surface area (Å²) in [6.45, 7) is 2.70. The molecule has 0 amide bonds. The fraction of sp³-hybridized carbons (Fsp3) is 1.00. The van der Waals surface area contributed by atoms with Crippen molar-refractivity contribution in [1.29, 1.82) is 0 Å². The molecule has 0 saturated heterocycles. The lowest BCUT2D eigenvalue weighted by Crippen LogP contribution is -2.15. The molecule has 20 heavy (non-hydrogen) atoms. The van der Waals surface area contributed by atoms with Crippen LogP contribution in [0.1, 0.15) is 103 Å². The predicted octanol–water partition coefficient (Wildman–Crippen LogP) is 6.10. The van der Waals surface area contributed by atoms with E-state index in [1.165, 1.54) is 96.3 Å². The van der Waals surface area contributed by atoms with E-state index in [2.05, 4.69) is 6.92 Å². The Bertz CT molecular complexity index is 196. The summed E-state index contributed by atoms with van der Waals surface area (Å²) in [5.74, 6) is 1.52. The minimum atomic E-state index is 0.424. The Labute approximate surface area is 127 Å². The molecule has 1 saturated carbocycles. The van der Waals surface area contributed by atoms with Crippen LogP contribution in [0, 0.1) is 11.8 Å². The first kappa shape index (κ1) is 18.0. The number of hydrogen-bond donors (Lipinski definition) is 1. The van der Waals surface area contributed by atoms with Crippen molar-refractivity contribution in [1.82, 2.24) is 0 Å². The Morgan fingerprint density at radius 1 is 0.850 bits per heavy atom. The van der Waals surface area contributed by atoms with Crippen molar-refractivity contribution in [3.8, 4) is 0 Å². The highest BCUT2D eigenvalue weighted by atomic mass is 16.3. The van der Waals surface area contributed by atoms with Gasteiger partial charge in [-0.25, -0.2) is 0 Å². The van der Waals surface area contributed by atoms with E-state index in [-0.39, 0.29) is 0 Å². The summed E-state index contributed by atoms with van der Waals surface area (Å²) in [7, 11) is 0. The fourth-order valence-electron chi connectivity index (χ4n) is 3.74. The second-order valence-electron chi connectivity index (χ2n) is 7.05. The number of aliphatic hydroxyl groups is 1. The normalized spacial score (nSPS) is 18.3. The van der Waals surface area contributed by atoms with E-state index in [1.807, 2.05) is 0 Å². The van der Waals surface area contributed by atoms with Gasteiger partial charge in [-0.2, -0.15) is 0 Å². The molecule has 0 spiro atoms. The van der Waals surface area contributed by atoms with Crippen LogP contribution in [0.5, 0.6) is 0 Å². The third kappa shape index (κ3) is 9.00. The molecule has 1 atom stereocenters. The summed E-state index contributed by atoms with van der Waals surface area (Å²) < 4.78 is 0. The van der Waals surface area contributed by atoms with Crippen molar-refractivity contribution < 1.29 is 5.11 Å². The average molecular weight is 283 g/mol. The number of aliphatic hydroxyl groups excluding tert-OH is 1. The van der Waals surface area contributed by atoms with Gasteiger partial charge in [0, 0.05) is 6.61 Å². The molecule has 1 rings (SSSR count). The first-order chi connectivity index (χ1) is 9.86. The first-order valence-corrected chi connectivity index (χ1v) is 9.47. The van der Waals surface area contributed by atoms with Crippen LogP contribution in [0.25, 0.3) is 0 Å². The highest BCUT2D eigenvalue weighted by Gasteiger charge is 2.18. The maximum Gasteiger partial charge on any atom is 0.0459 e. The van der Waals surface area contributed by atoms with E-state index in [9.17, 15) is 5.11 Å². The Hall–Kier alpha value is -0.0400. The molecule has 0 heterocycles. The minimum absolute atomic E-state index is 0.424. The summed E-state index contributed by atoms with van der Waals surface area (Å²) in [5, 5.41) is 9.56. The highest BCUT2D eigenvalue weighted by molar-refractivity contribution is 4.70. The third-order valence-corrected chi connectivity index (χ3v) is 5.12. The van der Waals surface area contributed by atoms with Crippen molar-refractivity contribution >= 4 is 0 Å². The van der Waals surface area contributed by atoms with Gasteiger partial charge < -0.3 is 5.11 Å². The zero-order valence-corrected chi connectivity index (χ0v) is 13.9. The first-order valence-electron chi connectivity index (χ1n) is 9.47. The van der Waals surface area contributed by atoms with Crippen LogP contribution in [0.3, 0.4) is 0 Å². The van der Waals surface area contributed by atoms with Gasteiger partial charge in [0.1, 0.15) is 0 Å². The van der Waals surface area contributed by atoms with Crippen LogP contribution in [0.2, 0.25) is 0 Å². The second kappa shape index (κ2) is 12.7. The molecule has 0 bridgehead atoms. The van der Waals surface area contributed by atoms with Crippen molar-refractivity contribution in [2.75, 3.05) is 6.61 Å². The van der Waals surface area contributed by atoms with E-state index < -0.39 is 0 Å². The van der Waals surface area contributed by atoms with Crippen LogP contribution in [-0.4, -0.2) is 11.7 Å². The number of rotatable bonds is 12. The zero-order valence-electron chi connectivity index (χ0n) is 13.9. The molecule has 0 aromatic carbocycles. The molecule has 1 aliphatic rings. The maximum atomic E-state index is 9.56. The van der Waals surface area contributed by atoms with Gasteiger partial charge in [-0.3, -0.25) is 0 Å². The van der Waals surface area contributed by atoms with Gasteiger partial charge in [0.15, 0.2) is 0 Å². The van der Waals surface area contributed by atoms with Gasteiger partial charge >= 0.3 is 0 Å². The van der Waals surface area contributed by atoms with Gasteiger partial charge in [-0.05, 0) is 24.7 Å². The molecule has 1 aliphatic carbocycles. The van der Waals surface area contributed by atoms with E-state index in [0.717, 1.165) is 5.92 Å². The monoisotopic (exact) mass is 282 g/mol. The van der Waals surface area contributed by atoms with Gasteiger partial charge in [0.25, 0.3) is 0 Å². The lowest BCUT2D eigenvalue weighted by atomic mass is 9.81. The van der Waals surface area contributed by atoms with Crippen LogP contribution in [-0.2, 0) is 0 Å². The predicted molar refractivity (Wildman–Crippen MR) is 89.0 cm³/mol. The van der Waals surface area contributed by atoms with Crippen molar-refractivity contribution in [3.63, 3.8) is 0 Å². The molecule has 0 aromatic heterocycles. The zero-order chi connectivity index (χ0) is 14.5. The molecular weight excluding hydrogens is 244 g/mol. The van der Waals surface area contributed by atoms with Crippen LogP contribution in [0.15, 0.2) is 0 Å². The summed E-state index contributed by atoms with van der Waals surface area (Å²) in [6, 6.07) is 0. The average Bonchev–Trinajstić information content (AvgIpc) is 2.49. The molecule has 1 fully saturated rings. The molecule has 0 aromatic rings. The maximum absolute atomic E-state index is 9.56.